The van der Waals surface area contributed by atoms with Crippen LogP contribution in [0.15, 0.2) is 30.3 Å². The number of rotatable bonds is 6. The number of nitrogens with zero attached hydrogens (tertiary/aromatic N) is 3. The van der Waals surface area contributed by atoms with Gasteiger partial charge in [0.05, 0.1) is 5.56 Å². The van der Waals surface area contributed by atoms with E-state index in [-0.39, 0.29) is 5.95 Å². The first-order valence-corrected chi connectivity index (χ1v) is 7.80. The van der Waals surface area contributed by atoms with Crippen LogP contribution in [0.4, 0.5) is 30.6 Å². The summed E-state index contributed by atoms with van der Waals surface area (Å²) in [5.41, 5.74) is 0.343. The molecule has 1 heterocycles. The lowest BCUT2D eigenvalue weighted by atomic mass is 10.2. The summed E-state index contributed by atoms with van der Waals surface area (Å²) in [6.07, 6.45) is -2.27. The third-order valence-corrected chi connectivity index (χ3v) is 3.52. The van der Waals surface area contributed by atoms with E-state index in [0.717, 1.165) is 43.0 Å². The summed E-state index contributed by atoms with van der Waals surface area (Å²) in [5.74, 6) is 1.03. The SMILES string of the molecule is CCCCN(C)c1cc(C)nc(Nc2cccc(C(F)(F)F)c2)n1. The van der Waals surface area contributed by atoms with Crippen molar-refractivity contribution in [3.05, 3.63) is 41.6 Å². The van der Waals surface area contributed by atoms with Crippen molar-refractivity contribution in [2.45, 2.75) is 32.9 Å². The van der Waals surface area contributed by atoms with Gasteiger partial charge in [0.1, 0.15) is 5.82 Å². The lowest BCUT2D eigenvalue weighted by Crippen LogP contribution is -2.20. The molecule has 7 heteroatoms. The lowest BCUT2D eigenvalue weighted by Gasteiger charge is -2.19. The molecule has 2 rings (SSSR count). The van der Waals surface area contributed by atoms with Crippen molar-refractivity contribution in [1.82, 2.24) is 9.97 Å². The van der Waals surface area contributed by atoms with E-state index in [9.17, 15) is 13.2 Å². The topological polar surface area (TPSA) is 41.1 Å². The highest BCUT2D eigenvalue weighted by molar-refractivity contribution is 5.56. The zero-order chi connectivity index (χ0) is 17.7. The Bertz CT molecular complexity index is 686. The molecule has 0 amide bonds. The van der Waals surface area contributed by atoms with Gasteiger partial charge in [-0.15, -0.1) is 0 Å². The van der Waals surface area contributed by atoms with E-state index >= 15 is 0 Å². The van der Waals surface area contributed by atoms with Crippen molar-refractivity contribution in [2.75, 3.05) is 23.8 Å². The number of hydrogen-bond donors (Lipinski definition) is 1. The van der Waals surface area contributed by atoms with E-state index in [2.05, 4.69) is 22.2 Å². The molecule has 0 spiro atoms. The van der Waals surface area contributed by atoms with Gasteiger partial charge in [-0.3, -0.25) is 0 Å². The summed E-state index contributed by atoms with van der Waals surface area (Å²) >= 11 is 0. The largest absolute Gasteiger partial charge is 0.416 e. The highest BCUT2D eigenvalue weighted by Crippen LogP contribution is 2.31. The van der Waals surface area contributed by atoms with Crippen LogP contribution in [0.25, 0.3) is 0 Å². The molecule has 0 aliphatic heterocycles. The molecular formula is C17H21F3N4. The van der Waals surface area contributed by atoms with Gasteiger partial charge in [-0.25, -0.2) is 4.98 Å². The zero-order valence-corrected chi connectivity index (χ0v) is 14.0. The number of alkyl halides is 3. The molecule has 1 N–H and O–H groups in total. The van der Waals surface area contributed by atoms with Crippen LogP contribution in [0.2, 0.25) is 0 Å². The molecule has 2 aromatic rings. The van der Waals surface area contributed by atoms with E-state index in [4.69, 9.17) is 0 Å². The Kier molecular flexibility index (Phi) is 5.64. The normalized spacial score (nSPS) is 11.4. The van der Waals surface area contributed by atoms with Crippen molar-refractivity contribution < 1.29 is 13.2 Å². The van der Waals surface area contributed by atoms with Gasteiger partial charge in [-0.2, -0.15) is 18.2 Å². The van der Waals surface area contributed by atoms with Gasteiger partial charge in [-0.05, 0) is 31.5 Å². The molecular weight excluding hydrogens is 317 g/mol. The van der Waals surface area contributed by atoms with Crippen LogP contribution in [0.1, 0.15) is 31.0 Å². The molecule has 0 atom stereocenters. The maximum absolute atomic E-state index is 12.8. The van der Waals surface area contributed by atoms with Crippen LogP contribution in [0.5, 0.6) is 0 Å². The van der Waals surface area contributed by atoms with Crippen LogP contribution in [-0.4, -0.2) is 23.6 Å². The van der Waals surface area contributed by atoms with Crippen molar-refractivity contribution in [3.8, 4) is 0 Å². The zero-order valence-electron chi connectivity index (χ0n) is 14.0. The third kappa shape index (κ3) is 4.84. The van der Waals surface area contributed by atoms with Gasteiger partial charge < -0.3 is 10.2 Å². The Morgan fingerprint density at radius 1 is 1.17 bits per heavy atom. The van der Waals surface area contributed by atoms with E-state index < -0.39 is 11.7 Å². The summed E-state index contributed by atoms with van der Waals surface area (Å²) in [6, 6.07) is 6.85. The minimum Gasteiger partial charge on any atom is -0.360 e. The Balaban J connectivity index is 2.22. The molecule has 1 aromatic carbocycles. The Morgan fingerprint density at radius 2 is 1.92 bits per heavy atom. The number of benzene rings is 1. The number of aromatic nitrogens is 2. The summed E-state index contributed by atoms with van der Waals surface area (Å²) in [4.78, 5) is 10.7. The Morgan fingerprint density at radius 3 is 2.58 bits per heavy atom. The standard InChI is InChI=1S/C17H21F3N4/c1-4-5-9-24(3)15-10-12(2)21-16(23-15)22-14-8-6-7-13(11-14)17(18,19)20/h6-8,10-11H,4-5,9H2,1-3H3,(H,21,22,23). The molecule has 130 valence electrons. The Hall–Kier alpha value is -2.31. The number of aryl methyl sites for hydroxylation is 1. The van der Waals surface area contributed by atoms with Gasteiger partial charge in [-0.1, -0.05) is 19.4 Å². The van der Waals surface area contributed by atoms with Gasteiger partial charge >= 0.3 is 6.18 Å². The molecule has 1 aromatic heterocycles. The fraction of sp³-hybridized carbons (Fsp3) is 0.412. The maximum Gasteiger partial charge on any atom is 0.416 e. The third-order valence-electron chi connectivity index (χ3n) is 3.52. The predicted octanol–water partition coefficient (Wildman–Crippen LogP) is 4.78. The van der Waals surface area contributed by atoms with Crippen LogP contribution in [0.3, 0.4) is 0 Å². The van der Waals surface area contributed by atoms with Crippen LogP contribution in [0, 0.1) is 6.92 Å². The molecule has 0 saturated carbocycles. The van der Waals surface area contributed by atoms with E-state index in [1.807, 2.05) is 24.9 Å². The van der Waals surface area contributed by atoms with E-state index in [0.29, 0.717) is 5.69 Å². The fourth-order valence-electron chi connectivity index (χ4n) is 2.22. The number of hydrogen-bond acceptors (Lipinski definition) is 4. The van der Waals surface area contributed by atoms with Crippen LogP contribution in [-0.2, 0) is 6.18 Å². The average molecular weight is 338 g/mol. The monoisotopic (exact) mass is 338 g/mol. The van der Waals surface area contributed by atoms with Gasteiger partial charge in [0, 0.05) is 31.0 Å². The quantitative estimate of drug-likeness (QED) is 0.823. The first kappa shape index (κ1) is 18.0. The van der Waals surface area contributed by atoms with Crippen molar-refractivity contribution >= 4 is 17.5 Å². The first-order valence-electron chi connectivity index (χ1n) is 7.80. The van der Waals surface area contributed by atoms with Crippen LogP contribution >= 0.6 is 0 Å². The number of anilines is 3. The highest BCUT2D eigenvalue weighted by atomic mass is 19.4. The average Bonchev–Trinajstić information content (AvgIpc) is 2.51. The molecule has 0 fully saturated rings. The summed E-state index contributed by atoms with van der Waals surface area (Å²) in [6.45, 7) is 4.80. The molecule has 0 radical (unpaired) electrons. The van der Waals surface area contributed by atoms with Crippen LogP contribution < -0.4 is 10.2 Å². The molecule has 0 saturated heterocycles. The first-order chi connectivity index (χ1) is 11.3. The second-order valence-corrected chi connectivity index (χ2v) is 5.67. The van der Waals surface area contributed by atoms with Gasteiger partial charge in [0.2, 0.25) is 5.95 Å². The summed E-state index contributed by atoms with van der Waals surface area (Å²) in [7, 11) is 1.94. The number of unbranched alkanes of at least 4 members (excludes halogenated alkanes) is 1. The molecule has 0 bridgehead atoms. The Labute approximate surface area is 139 Å². The number of nitrogens with one attached hydrogen (secondary N) is 1. The smallest absolute Gasteiger partial charge is 0.360 e. The number of halogens is 3. The summed E-state index contributed by atoms with van der Waals surface area (Å²) in [5, 5.41) is 2.86. The van der Waals surface area contributed by atoms with Crippen molar-refractivity contribution in [2.24, 2.45) is 0 Å². The summed E-state index contributed by atoms with van der Waals surface area (Å²) < 4.78 is 38.4. The van der Waals surface area contributed by atoms with Crippen molar-refractivity contribution in [3.63, 3.8) is 0 Å². The minimum atomic E-state index is -4.38. The van der Waals surface area contributed by atoms with Gasteiger partial charge in [0.15, 0.2) is 0 Å². The van der Waals surface area contributed by atoms with Crippen molar-refractivity contribution in [1.29, 1.82) is 0 Å². The molecule has 0 aliphatic carbocycles. The van der Waals surface area contributed by atoms with Gasteiger partial charge in [0.25, 0.3) is 0 Å². The second-order valence-electron chi connectivity index (χ2n) is 5.67. The minimum absolute atomic E-state index is 0.285. The lowest BCUT2D eigenvalue weighted by molar-refractivity contribution is -0.137. The predicted molar refractivity (Wildman–Crippen MR) is 89.7 cm³/mol. The molecule has 0 aliphatic rings. The second kappa shape index (κ2) is 7.51. The van der Waals surface area contributed by atoms with E-state index in [1.165, 1.54) is 6.07 Å². The maximum atomic E-state index is 12.8. The molecule has 24 heavy (non-hydrogen) atoms. The molecule has 4 nitrogen and oxygen atoms in total. The van der Waals surface area contributed by atoms with E-state index in [1.54, 1.807) is 6.07 Å². The highest BCUT2D eigenvalue weighted by Gasteiger charge is 2.30. The molecule has 0 unspecified atom stereocenters. The fourth-order valence-corrected chi connectivity index (χ4v) is 2.22.